The average Bonchev–Trinajstić information content (AvgIpc) is 3.23. The molecule has 0 unspecified atom stereocenters. The smallest absolute Gasteiger partial charge is 0.414 e. The first-order chi connectivity index (χ1) is 15.1. The van der Waals surface area contributed by atoms with Crippen LogP contribution < -0.4 is 15.1 Å². The van der Waals surface area contributed by atoms with E-state index < -0.39 is 0 Å². The maximum atomic E-state index is 12.6. The number of carbonyl (C=O) groups excluding carboxylic acids is 3. The quantitative estimate of drug-likeness (QED) is 0.672. The monoisotopic (exact) mass is 420 g/mol. The fraction of sp³-hybridized carbons (Fsp3) is 0.304. The Kier molecular flexibility index (Phi) is 7.60. The van der Waals surface area contributed by atoms with E-state index in [2.05, 4.69) is 5.32 Å². The number of nitrogens with one attached hydrogen (secondary N) is 1. The van der Waals surface area contributed by atoms with Crippen molar-refractivity contribution >= 4 is 29.3 Å². The van der Waals surface area contributed by atoms with Crippen LogP contribution >= 0.6 is 0 Å². The molecule has 1 fully saturated rings. The van der Waals surface area contributed by atoms with Crippen LogP contribution in [0.15, 0.2) is 54.6 Å². The molecule has 2 aromatic rings. The first-order valence-electron chi connectivity index (χ1n) is 10.1. The van der Waals surface area contributed by atoms with Gasteiger partial charge in [0.05, 0.1) is 19.0 Å². The second-order valence-electron chi connectivity index (χ2n) is 7.00. The zero-order chi connectivity index (χ0) is 22.1. The molecule has 3 rings (SSSR count). The normalized spacial score (nSPS) is 12.7. The minimum absolute atomic E-state index is 0.0474. The molecule has 31 heavy (non-hydrogen) atoms. The number of amides is 3. The van der Waals surface area contributed by atoms with Crippen molar-refractivity contribution in [3.63, 3.8) is 0 Å². The molecule has 1 aliphatic rings. The van der Waals surface area contributed by atoms with Crippen LogP contribution in [0.5, 0.6) is 0 Å². The van der Waals surface area contributed by atoms with Crippen molar-refractivity contribution in [2.45, 2.75) is 25.8 Å². The Balaban J connectivity index is 1.51. The molecule has 0 aliphatic carbocycles. The summed E-state index contributed by atoms with van der Waals surface area (Å²) in [6, 6.07) is 18.5. The van der Waals surface area contributed by atoms with Gasteiger partial charge in [0, 0.05) is 37.3 Å². The Morgan fingerprint density at radius 3 is 2.65 bits per heavy atom. The molecule has 1 heterocycles. The minimum Gasteiger partial charge on any atom is -0.447 e. The number of nitrogens with zero attached hydrogens (tertiary/aromatic N) is 3. The van der Waals surface area contributed by atoms with Gasteiger partial charge in [-0.15, -0.1) is 0 Å². The number of carbonyl (C=O) groups is 3. The van der Waals surface area contributed by atoms with Crippen LogP contribution in [-0.4, -0.2) is 37.6 Å². The van der Waals surface area contributed by atoms with Crippen LogP contribution in [-0.2, 0) is 20.9 Å². The molecule has 0 bridgehead atoms. The van der Waals surface area contributed by atoms with Gasteiger partial charge >= 0.3 is 6.09 Å². The number of cyclic esters (lactones) is 1. The van der Waals surface area contributed by atoms with Gasteiger partial charge < -0.3 is 15.0 Å². The van der Waals surface area contributed by atoms with Gasteiger partial charge in [-0.1, -0.05) is 30.3 Å². The summed E-state index contributed by atoms with van der Waals surface area (Å²) in [6.45, 7) is 1.44. The van der Waals surface area contributed by atoms with E-state index in [4.69, 9.17) is 10.00 Å². The van der Waals surface area contributed by atoms with E-state index in [-0.39, 0.29) is 43.7 Å². The highest BCUT2D eigenvalue weighted by molar-refractivity contribution is 5.95. The van der Waals surface area contributed by atoms with Gasteiger partial charge in [0.2, 0.25) is 11.8 Å². The van der Waals surface area contributed by atoms with Crippen LogP contribution in [0.4, 0.5) is 16.2 Å². The summed E-state index contributed by atoms with van der Waals surface area (Å²) >= 11 is 0. The molecule has 8 heteroatoms. The third kappa shape index (κ3) is 6.06. The van der Waals surface area contributed by atoms with Gasteiger partial charge in [0.25, 0.3) is 0 Å². The fourth-order valence-corrected chi connectivity index (χ4v) is 3.27. The van der Waals surface area contributed by atoms with E-state index in [9.17, 15) is 14.4 Å². The predicted octanol–water partition coefficient (Wildman–Crippen LogP) is 2.99. The van der Waals surface area contributed by atoms with Crippen molar-refractivity contribution in [1.29, 1.82) is 5.26 Å². The van der Waals surface area contributed by atoms with Crippen LogP contribution in [0.1, 0.15) is 24.8 Å². The Morgan fingerprint density at radius 1 is 1.13 bits per heavy atom. The molecule has 0 atom stereocenters. The average molecular weight is 420 g/mol. The summed E-state index contributed by atoms with van der Waals surface area (Å²) in [6.07, 6.45) is -0.0640. The Bertz CT molecular complexity index is 971. The van der Waals surface area contributed by atoms with Crippen molar-refractivity contribution < 1.29 is 19.1 Å². The molecule has 1 aliphatic heterocycles. The summed E-state index contributed by atoms with van der Waals surface area (Å²) < 4.78 is 4.95. The van der Waals surface area contributed by atoms with Crippen molar-refractivity contribution in [2.24, 2.45) is 0 Å². The Morgan fingerprint density at radius 2 is 1.94 bits per heavy atom. The Labute approximate surface area is 181 Å². The molecular formula is C23H24N4O4. The van der Waals surface area contributed by atoms with Crippen molar-refractivity contribution in [3.05, 3.63) is 60.2 Å². The molecule has 0 saturated carbocycles. The fourth-order valence-electron chi connectivity index (χ4n) is 3.27. The zero-order valence-electron chi connectivity index (χ0n) is 17.1. The SMILES string of the molecule is N#CCCN(C(=O)CCC(=O)NCc1cccc(N2CCOC2=O)c1)c1ccccc1. The van der Waals surface area contributed by atoms with Gasteiger partial charge in [0.15, 0.2) is 0 Å². The number of hydrogen-bond donors (Lipinski definition) is 1. The molecule has 0 aromatic heterocycles. The highest BCUT2D eigenvalue weighted by atomic mass is 16.6. The molecule has 1 saturated heterocycles. The van der Waals surface area contributed by atoms with Crippen LogP contribution in [0.25, 0.3) is 0 Å². The van der Waals surface area contributed by atoms with Gasteiger partial charge in [-0.2, -0.15) is 5.26 Å². The summed E-state index contributed by atoms with van der Waals surface area (Å²) in [5, 5.41) is 11.7. The third-order valence-corrected chi connectivity index (χ3v) is 4.85. The molecule has 3 amide bonds. The van der Waals surface area contributed by atoms with Crippen LogP contribution in [0, 0.1) is 11.3 Å². The molecule has 0 spiro atoms. The predicted molar refractivity (Wildman–Crippen MR) is 115 cm³/mol. The molecule has 0 radical (unpaired) electrons. The lowest BCUT2D eigenvalue weighted by molar-refractivity contribution is -0.125. The van der Waals surface area contributed by atoms with Gasteiger partial charge in [-0.05, 0) is 29.8 Å². The van der Waals surface area contributed by atoms with Gasteiger partial charge in [-0.3, -0.25) is 14.5 Å². The van der Waals surface area contributed by atoms with E-state index in [0.29, 0.717) is 25.4 Å². The summed E-state index contributed by atoms with van der Waals surface area (Å²) in [4.78, 5) is 39.7. The first kappa shape index (κ1) is 21.8. The topological polar surface area (TPSA) is 103 Å². The van der Waals surface area contributed by atoms with Gasteiger partial charge in [0.1, 0.15) is 6.61 Å². The summed E-state index contributed by atoms with van der Waals surface area (Å²) in [7, 11) is 0. The molecule has 2 aromatic carbocycles. The van der Waals surface area contributed by atoms with Crippen molar-refractivity contribution in [1.82, 2.24) is 5.32 Å². The second kappa shape index (κ2) is 10.8. The number of para-hydroxylation sites is 1. The molecular weight excluding hydrogens is 396 g/mol. The van der Waals surface area contributed by atoms with E-state index in [1.165, 1.54) is 4.90 Å². The molecule has 8 nitrogen and oxygen atoms in total. The first-order valence-corrected chi connectivity index (χ1v) is 10.1. The lowest BCUT2D eigenvalue weighted by atomic mass is 10.1. The highest BCUT2D eigenvalue weighted by Crippen LogP contribution is 2.20. The van der Waals surface area contributed by atoms with E-state index in [0.717, 1.165) is 11.3 Å². The lowest BCUT2D eigenvalue weighted by Crippen LogP contribution is -2.33. The van der Waals surface area contributed by atoms with E-state index in [1.807, 2.05) is 48.5 Å². The number of hydrogen-bond acceptors (Lipinski definition) is 5. The maximum absolute atomic E-state index is 12.6. The van der Waals surface area contributed by atoms with Gasteiger partial charge in [-0.25, -0.2) is 4.79 Å². The number of nitriles is 1. The zero-order valence-corrected chi connectivity index (χ0v) is 17.1. The number of ether oxygens (including phenoxy) is 1. The standard InChI is InChI=1S/C23H24N4O4/c24-12-5-13-26(19-7-2-1-3-8-19)22(29)11-10-21(28)25-17-18-6-4-9-20(16-18)27-14-15-31-23(27)30/h1-4,6-9,16H,5,10-11,13-15,17H2,(H,25,28). The molecule has 1 N–H and O–H groups in total. The molecule has 160 valence electrons. The van der Waals surface area contributed by atoms with E-state index in [1.54, 1.807) is 17.0 Å². The van der Waals surface area contributed by atoms with Crippen molar-refractivity contribution in [3.8, 4) is 6.07 Å². The summed E-state index contributed by atoms with van der Waals surface area (Å²) in [5.41, 5.74) is 2.28. The minimum atomic E-state index is -0.376. The second-order valence-corrected chi connectivity index (χ2v) is 7.00. The largest absolute Gasteiger partial charge is 0.447 e. The Hall–Kier alpha value is -3.86. The van der Waals surface area contributed by atoms with E-state index >= 15 is 0 Å². The van der Waals surface area contributed by atoms with Crippen LogP contribution in [0.3, 0.4) is 0 Å². The third-order valence-electron chi connectivity index (χ3n) is 4.85. The number of benzene rings is 2. The number of anilines is 2. The van der Waals surface area contributed by atoms with Crippen LogP contribution in [0.2, 0.25) is 0 Å². The van der Waals surface area contributed by atoms with Crippen molar-refractivity contribution in [2.75, 3.05) is 29.5 Å². The summed E-state index contributed by atoms with van der Waals surface area (Å²) in [5.74, 6) is -0.446. The number of rotatable bonds is 9. The maximum Gasteiger partial charge on any atom is 0.414 e. The highest BCUT2D eigenvalue weighted by Gasteiger charge is 2.23. The lowest BCUT2D eigenvalue weighted by Gasteiger charge is -2.21.